The SMILES string of the molecule is CC(=O)c1cccc(N(CC(C)(O)CN2CCC(Cc3ccc(F)cc3)CC2)C(N)=O)c1. The van der Waals surface area contributed by atoms with Gasteiger partial charge in [-0.15, -0.1) is 0 Å². The predicted molar refractivity (Wildman–Crippen MR) is 123 cm³/mol. The molecular formula is C25H32FN3O3. The quantitative estimate of drug-likeness (QED) is 0.613. The summed E-state index contributed by atoms with van der Waals surface area (Å²) in [6, 6.07) is 12.7. The molecule has 0 aromatic heterocycles. The van der Waals surface area contributed by atoms with Crippen LogP contribution in [0, 0.1) is 11.7 Å². The summed E-state index contributed by atoms with van der Waals surface area (Å²) in [6.45, 7) is 5.29. The van der Waals surface area contributed by atoms with E-state index in [4.69, 9.17) is 5.73 Å². The van der Waals surface area contributed by atoms with E-state index in [0.717, 1.165) is 37.9 Å². The number of amides is 2. The van der Waals surface area contributed by atoms with Crippen LogP contribution in [0.5, 0.6) is 0 Å². The number of hydrogen-bond donors (Lipinski definition) is 2. The largest absolute Gasteiger partial charge is 0.387 e. The molecule has 1 saturated heterocycles. The second kappa shape index (κ2) is 10.2. The number of carbonyl (C=O) groups is 2. The minimum absolute atomic E-state index is 0.0270. The van der Waals surface area contributed by atoms with Gasteiger partial charge in [-0.1, -0.05) is 24.3 Å². The molecule has 6 nitrogen and oxygen atoms in total. The summed E-state index contributed by atoms with van der Waals surface area (Å²) in [5, 5.41) is 11.1. The van der Waals surface area contributed by atoms with Crippen molar-refractivity contribution in [1.82, 2.24) is 4.90 Å². The van der Waals surface area contributed by atoms with Crippen LogP contribution in [0.15, 0.2) is 48.5 Å². The Labute approximate surface area is 188 Å². The fourth-order valence-corrected chi connectivity index (χ4v) is 4.36. The standard InChI is InChI=1S/C25H32FN3O3/c1-18(30)21-4-3-5-23(15-21)29(24(27)31)17-25(2,32)16-28-12-10-20(11-13-28)14-19-6-8-22(26)9-7-19/h3-9,15,20,32H,10-14,16-17H2,1-2H3,(H2,27,31). The van der Waals surface area contributed by atoms with E-state index < -0.39 is 11.6 Å². The van der Waals surface area contributed by atoms with Gasteiger partial charge < -0.3 is 15.7 Å². The molecule has 1 aliphatic rings. The summed E-state index contributed by atoms with van der Waals surface area (Å²) in [7, 11) is 0. The van der Waals surface area contributed by atoms with Crippen LogP contribution in [0.25, 0.3) is 0 Å². The molecule has 1 atom stereocenters. The first kappa shape index (κ1) is 23.9. The van der Waals surface area contributed by atoms with Gasteiger partial charge >= 0.3 is 6.03 Å². The van der Waals surface area contributed by atoms with E-state index in [-0.39, 0.29) is 18.1 Å². The van der Waals surface area contributed by atoms with Gasteiger partial charge in [0.2, 0.25) is 0 Å². The van der Waals surface area contributed by atoms with Gasteiger partial charge in [-0.2, -0.15) is 0 Å². The number of primary amides is 1. The minimum atomic E-state index is -1.18. The van der Waals surface area contributed by atoms with Crippen LogP contribution in [0.4, 0.5) is 14.9 Å². The first-order chi connectivity index (χ1) is 15.1. The summed E-state index contributed by atoms with van der Waals surface area (Å²) < 4.78 is 13.1. The fraction of sp³-hybridized carbons (Fsp3) is 0.440. The Bertz CT molecular complexity index is 938. The average Bonchev–Trinajstić information content (AvgIpc) is 2.75. The zero-order chi connectivity index (χ0) is 23.3. The lowest BCUT2D eigenvalue weighted by Gasteiger charge is -2.38. The van der Waals surface area contributed by atoms with Crippen molar-refractivity contribution < 1.29 is 19.1 Å². The Morgan fingerprint density at radius 1 is 1.19 bits per heavy atom. The Morgan fingerprint density at radius 2 is 1.84 bits per heavy atom. The van der Waals surface area contributed by atoms with Crippen molar-refractivity contribution in [3.8, 4) is 0 Å². The van der Waals surface area contributed by atoms with Crippen LogP contribution in [-0.2, 0) is 6.42 Å². The summed E-state index contributed by atoms with van der Waals surface area (Å²) in [6.07, 6.45) is 2.91. The van der Waals surface area contributed by atoms with Gasteiger partial charge in [0.1, 0.15) is 5.82 Å². The maximum Gasteiger partial charge on any atom is 0.319 e. The molecule has 0 aliphatic carbocycles. The number of β-amino-alcohol motifs (C(OH)–C–C–N with tert-alkyl or cyclic N) is 1. The average molecular weight is 442 g/mol. The minimum Gasteiger partial charge on any atom is -0.387 e. The molecule has 0 radical (unpaired) electrons. The highest BCUT2D eigenvalue weighted by Crippen LogP contribution is 2.25. The highest BCUT2D eigenvalue weighted by Gasteiger charge is 2.31. The second-order valence-electron chi connectivity index (χ2n) is 9.08. The molecule has 0 saturated carbocycles. The van der Waals surface area contributed by atoms with Crippen molar-refractivity contribution >= 4 is 17.5 Å². The number of carbonyl (C=O) groups excluding carboxylic acids is 2. The molecular weight excluding hydrogens is 409 g/mol. The van der Waals surface area contributed by atoms with Gasteiger partial charge in [0.25, 0.3) is 0 Å². The monoisotopic (exact) mass is 441 g/mol. The molecule has 1 fully saturated rings. The van der Waals surface area contributed by atoms with Crippen molar-refractivity contribution in [3.05, 3.63) is 65.5 Å². The van der Waals surface area contributed by atoms with Gasteiger partial charge in [-0.3, -0.25) is 9.69 Å². The van der Waals surface area contributed by atoms with Crippen LogP contribution >= 0.6 is 0 Å². The summed E-state index contributed by atoms with van der Waals surface area (Å²) in [4.78, 5) is 27.3. The number of anilines is 1. The molecule has 1 heterocycles. The Hall–Kier alpha value is -2.77. The van der Waals surface area contributed by atoms with Crippen LogP contribution in [0.1, 0.15) is 42.6 Å². The lowest BCUT2D eigenvalue weighted by molar-refractivity contribution is 0.0163. The third kappa shape index (κ3) is 6.61. The molecule has 32 heavy (non-hydrogen) atoms. The number of hydrogen-bond acceptors (Lipinski definition) is 4. The Morgan fingerprint density at radius 3 is 2.44 bits per heavy atom. The van der Waals surface area contributed by atoms with Crippen LogP contribution < -0.4 is 10.6 Å². The smallest absolute Gasteiger partial charge is 0.319 e. The number of nitrogens with zero attached hydrogens (tertiary/aromatic N) is 2. The van der Waals surface area contributed by atoms with Gasteiger partial charge in [0.05, 0.1) is 12.1 Å². The van der Waals surface area contributed by atoms with Gasteiger partial charge in [-0.25, -0.2) is 9.18 Å². The van der Waals surface area contributed by atoms with Crippen molar-refractivity contribution in [3.63, 3.8) is 0 Å². The number of nitrogens with two attached hydrogens (primary N) is 1. The first-order valence-electron chi connectivity index (χ1n) is 11.0. The molecule has 2 aromatic rings. The molecule has 172 valence electrons. The number of halogens is 1. The lowest BCUT2D eigenvalue weighted by atomic mass is 9.89. The predicted octanol–water partition coefficient (Wildman–Crippen LogP) is 3.62. The topological polar surface area (TPSA) is 86.9 Å². The van der Waals surface area contributed by atoms with E-state index in [9.17, 15) is 19.1 Å². The third-order valence-corrected chi connectivity index (χ3v) is 6.04. The third-order valence-electron chi connectivity index (χ3n) is 6.04. The number of rotatable bonds is 8. The Kier molecular flexibility index (Phi) is 7.64. The highest BCUT2D eigenvalue weighted by molar-refractivity contribution is 5.97. The zero-order valence-electron chi connectivity index (χ0n) is 18.8. The molecule has 1 aliphatic heterocycles. The van der Waals surface area contributed by atoms with Crippen molar-refractivity contribution in [1.29, 1.82) is 0 Å². The lowest BCUT2D eigenvalue weighted by Crippen LogP contribution is -2.53. The Balaban J connectivity index is 1.57. The van der Waals surface area contributed by atoms with E-state index in [1.165, 1.54) is 24.0 Å². The number of piperidine rings is 1. The first-order valence-corrected chi connectivity index (χ1v) is 11.0. The molecule has 0 spiro atoms. The zero-order valence-corrected chi connectivity index (χ0v) is 18.8. The number of likely N-dealkylation sites (tertiary alicyclic amines) is 1. The maximum absolute atomic E-state index is 13.1. The van der Waals surface area contributed by atoms with E-state index in [1.807, 2.05) is 12.1 Å². The van der Waals surface area contributed by atoms with E-state index in [0.29, 0.717) is 23.7 Å². The number of urea groups is 1. The van der Waals surface area contributed by atoms with E-state index >= 15 is 0 Å². The maximum atomic E-state index is 13.1. The second-order valence-corrected chi connectivity index (χ2v) is 9.08. The van der Waals surface area contributed by atoms with E-state index in [2.05, 4.69) is 4.90 Å². The summed E-state index contributed by atoms with van der Waals surface area (Å²) in [5.74, 6) is 0.202. The molecule has 2 aromatic carbocycles. The van der Waals surface area contributed by atoms with Crippen LogP contribution in [0.3, 0.4) is 0 Å². The number of Topliss-reactive ketones (excluding diaryl/α,β-unsaturated/α-hetero) is 1. The van der Waals surface area contributed by atoms with Gasteiger partial charge in [-0.05, 0) is 81.9 Å². The van der Waals surface area contributed by atoms with E-state index in [1.54, 1.807) is 31.2 Å². The van der Waals surface area contributed by atoms with Crippen molar-refractivity contribution in [2.45, 2.75) is 38.7 Å². The molecule has 3 N–H and O–H groups in total. The number of benzene rings is 2. The van der Waals surface area contributed by atoms with Gasteiger partial charge in [0.15, 0.2) is 5.78 Å². The van der Waals surface area contributed by atoms with Crippen molar-refractivity contribution in [2.24, 2.45) is 11.7 Å². The molecule has 0 bridgehead atoms. The number of aliphatic hydroxyl groups is 1. The normalized spacial score (nSPS) is 17.0. The van der Waals surface area contributed by atoms with Gasteiger partial charge in [0, 0.05) is 17.8 Å². The molecule has 2 amide bonds. The van der Waals surface area contributed by atoms with Crippen LogP contribution in [0.2, 0.25) is 0 Å². The molecule has 1 unspecified atom stereocenters. The van der Waals surface area contributed by atoms with Crippen LogP contribution in [-0.4, -0.2) is 53.6 Å². The molecule has 3 rings (SSSR count). The summed E-state index contributed by atoms with van der Waals surface area (Å²) in [5.41, 5.74) is 6.53. The summed E-state index contributed by atoms with van der Waals surface area (Å²) >= 11 is 0. The fourth-order valence-electron chi connectivity index (χ4n) is 4.36. The number of ketones is 1. The van der Waals surface area contributed by atoms with Crippen molar-refractivity contribution in [2.75, 3.05) is 31.1 Å². The molecule has 7 heteroatoms. The highest BCUT2D eigenvalue weighted by atomic mass is 19.1.